The number of benzene rings is 1. The largest absolute Gasteiger partial charge is 0.384 e. The first-order valence-corrected chi connectivity index (χ1v) is 6.35. The van der Waals surface area contributed by atoms with Gasteiger partial charge in [0.15, 0.2) is 0 Å². The summed E-state index contributed by atoms with van der Waals surface area (Å²) in [7, 11) is 0. The molecule has 0 radical (unpaired) electrons. The maximum atomic E-state index is 12.2. The number of carbonyl (C=O) groups excluding carboxylic acids is 1. The van der Waals surface area contributed by atoms with E-state index in [-0.39, 0.29) is 18.3 Å². The van der Waals surface area contributed by atoms with Gasteiger partial charge in [0, 0.05) is 17.8 Å². The molecule has 3 rings (SSSR count). The highest BCUT2D eigenvalue weighted by molar-refractivity contribution is 6.05. The van der Waals surface area contributed by atoms with Gasteiger partial charge in [0.25, 0.3) is 5.91 Å². The highest BCUT2D eigenvalue weighted by Gasteiger charge is 2.15. The summed E-state index contributed by atoms with van der Waals surface area (Å²) in [6.45, 7) is 4.70. The van der Waals surface area contributed by atoms with E-state index in [0.717, 1.165) is 35.7 Å². The molecule has 0 fully saturated rings. The number of rotatable bonds is 2. The Kier molecular flexibility index (Phi) is 3.99. The molecular formula is C14H17ClN4O. The minimum Gasteiger partial charge on any atom is -0.384 e. The zero-order valence-electron chi connectivity index (χ0n) is 11.4. The molecule has 1 aromatic heterocycles. The molecule has 0 atom stereocenters. The normalized spacial score (nSPS) is 12.3. The van der Waals surface area contributed by atoms with Crippen molar-refractivity contribution in [3.63, 3.8) is 0 Å². The number of carbonyl (C=O) groups is 1. The van der Waals surface area contributed by atoms with Gasteiger partial charge in [-0.05, 0) is 44.0 Å². The van der Waals surface area contributed by atoms with Gasteiger partial charge >= 0.3 is 0 Å². The lowest BCUT2D eigenvalue weighted by atomic mass is 10.1. The van der Waals surface area contributed by atoms with Crippen molar-refractivity contribution in [3.05, 3.63) is 40.7 Å². The summed E-state index contributed by atoms with van der Waals surface area (Å²) < 4.78 is 0. The van der Waals surface area contributed by atoms with Crippen LogP contribution in [0.2, 0.25) is 0 Å². The van der Waals surface area contributed by atoms with Crippen LogP contribution < -0.4 is 10.6 Å². The number of aromatic amines is 1. The summed E-state index contributed by atoms with van der Waals surface area (Å²) in [5.41, 5.74) is 5.45. The van der Waals surface area contributed by atoms with E-state index < -0.39 is 0 Å². The Morgan fingerprint density at radius 1 is 1.35 bits per heavy atom. The first-order valence-electron chi connectivity index (χ1n) is 6.35. The molecular weight excluding hydrogens is 276 g/mol. The number of hydrogen-bond donors (Lipinski definition) is 3. The van der Waals surface area contributed by atoms with Crippen LogP contribution in [0.3, 0.4) is 0 Å². The summed E-state index contributed by atoms with van der Waals surface area (Å²) in [5, 5.41) is 13.1. The highest BCUT2D eigenvalue weighted by Crippen LogP contribution is 2.24. The van der Waals surface area contributed by atoms with Gasteiger partial charge < -0.3 is 10.6 Å². The minimum atomic E-state index is -0.0951. The quantitative estimate of drug-likeness (QED) is 0.797. The molecule has 0 spiro atoms. The monoisotopic (exact) mass is 292 g/mol. The number of fused-ring (bicyclic) bond motifs is 1. The summed E-state index contributed by atoms with van der Waals surface area (Å²) in [6, 6.07) is 5.76. The molecule has 0 unspecified atom stereocenters. The van der Waals surface area contributed by atoms with Gasteiger partial charge in [-0.25, -0.2) is 0 Å². The third-order valence-corrected chi connectivity index (χ3v) is 3.44. The van der Waals surface area contributed by atoms with Gasteiger partial charge in [-0.3, -0.25) is 9.89 Å². The van der Waals surface area contributed by atoms with E-state index in [4.69, 9.17) is 0 Å². The predicted octanol–water partition coefficient (Wildman–Crippen LogP) is 2.67. The van der Waals surface area contributed by atoms with Crippen LogP contribution in [-0.4, -0.2) is 22.6 Å². The third-order valence-electron chi connectivity index (χ3n) is 3.44. The molecule has 3 N–H and O–H groups in total. The van der Waals surface area contributed by atoms with Gasteiger partial charge in [0.05, 0.1) is 17.1 Å². The molecule has 106 valence electrons. The Morgan fingerprint density at radius 2 is 2.15 bits per heavy atom. The second kappa shape index (κ2) is 5.54. The van der Waals surface area contributed by atoms with E-state index in [1.54, 1.807) is 0 Å². The van der Waals surface area contributed by atoms with Gasteiger partial charge in [-0.1, -0.05) is 0 Å². The van der Waals surface area contributed by atoms with Gasteiger partial charge in [-0.15, -0.1) is 12.4 Å². The maximum Gasteiger partial charge on any atom is 0.255 e. The third kappa shape index (κ3) is 2.49. The van der Waals surface area contributed by atoms with Crippen LogP contribution in [0.25, 0.3) is 0 Å². The number of aromatic nitrogens is 2. The van der Waals surface area contributed by atoms with Gasteiger partial charge in [0.2, 0.25) is 0 Å². The molecule has 2 aromatic rings. The fraction of sp³-hybridized carbons (Fsp3) is 0.286. The lowest BCUT2D eigenvalue weighted by Gasteiger charge is -2.07. The Hall–Kier alpha value is -2.01. The smallest absolute Gasteiger partial charge is 0.255 e. The summed E-state index contributed by atoms with van der Waals surface area (Å²) in [5.74, 6) is -0.0951. The van der Waals surface area contributed by atoms with Gasteiger partial charge in [0.1, 0.15) is 0 Å². The fourth-order valence-corrected chi connectivity index (χ4v) is 2.37. The van der Waals surface area contributed by atoms with E-state index in [0.29, 0.717) is 5.56 Å². The van der Waals surface area contributed by atoms with Crippen molar-refractivity contribution < 1.29 is 4.79 Å². The van der Waals surface area contributed by atoms with E-state index in [1.165, 1.54) is 5.56 Å². The van der Waals surface area contributed by atoms with E-state index in [1.807, 2.05) is 32.0 Å². The van der Waals surface area contributed by atoms with Crippen LogP contribution in [0.1, 0.15) is 27.3 Å². The lowest BCUT2D eigenvalue weighted by molar-refractivity contribution is 0.102. The van der Waals surface area contributed by atoms with Crippen molar-refractivity contribution in [2.75, 3.05) is 17.2 Å². The van der Waals surface area contributed by atoms with E-state index in [9.17, 15) is 4.79 Å². The maximum absolute atomic E-state index is 12.2. The Labute approximate surface area is 123 Å². The molecule has 0 aliphatic carbocycles. The average Bonchev–Trinajstić information content (AvgIpc) is 2.99. The van der Waals surface area contributed by atoms with Crippen molar-refractivity contribution >= 4 is 29.7 Å². The zero-order valence-corrected chi connectivity index (χ0v) is 12.2. The van der Waals surface area contributed by atoms with Crippen LogP contribution >= 0.6 is 12.4 Å². The standard InChI is InChI=1S/C14H16N4O.ClH/c1-8-13(9(2)18-17-8)16-14(19)11-3-4-12-10(7-11)5-6-15-12;/h3-4,7,15H,5-6H2,1-2H3,(H,16,19)(H,17,18);1H. The SMILES string of the molecule is Cc1n[nH]c(C)c1NC(=O)c1ccc2c(c1)CCN2.Cl. The van der Waals surface area contributed by atoms with Crippen LogP contribution in [0.15, 0.2) is 18.2 Å². The van der Waals surface area contributed by atoms with Crippen LogP contribution in [0.5, 0.6) is 0 Å². The highest BCUT2D eigenvalue weighted by atomic mass is 35.5. The molecule has 1 aromatic carbocycles. The molecule has 6 heteroatoms. The molecule has 20 heavy (non-hydrogen) atoms. The number of halogens is 1. The van der Waals surface area contributed by atoms with Crippen molar-refractivity contribution in [1.82, 2.24) is 10.2 Å². The molecule has 2 heterocycles. The van der Waals surface area contributed by atoms with Crippen molar-refractivity contribution in [3.8, 4) is 0 Å². The Bertz CT molecular complexity index is 631. The number of aryl methyl sites for hydroxylation is 2. The van der Waals surface area contributed by atoms with Crippen molar-refractivity contribution in [2.45, 2.75) is 20.3 Å². The number of hydrogen-bond acceptors (Lipinski definition) is 3. The number of anilines is 2. The molecule has 1 aliphatic heterocycles. The first kappa shape index (κ1) is 14.4. The first-order chi connectivity index (χ1) is 9.15. The average molecular weight is 293 g/mol. The number of nitrogens with zero attached hydrogens (tertiary/aromatic N) is 1. The van der Waals surface area contributed by atoms with E-state index >= 15 is 0 Å². The number of amides is 1. The molecule has 5 nitrogen and oxygen atoms in total. The predicted molar refractivity (Wildman–Crippen MR) is 81.9 cm³/mol. The zero-order chi connectivity index (χ0) is 13.4. The van der Waals surface area contributed by atoms with Crippen LogP contribution in [0.4, 0.5) is 11.4 Å². The van der Waals surface area contributed by atoms with Crippen molar-refractivity contribution in [2.24, 2.45) is 0 Å². The second-order valence-corrected chi connectivity index (χ2v) is 4.81. The Morgan fingerprint density at radius 3 is 2.85 bits per heavy atom. The summed E-state index contributed by atoms with van der Waals surface area (Å²) in [4.78, 5) is 12.2. The number of H-pyrrole nitrogens is 1. The molecule has 1 amide bonds. The molecule has 0 bridgehead atoms. The minimum absolute atomic E-state index is 0. The Balaban J connectivity index is 0.00000147. The van der Waals surface area contributed by atoms with Crippen LogP contribution in [-0.2, 0) is 6.42 Å². The topological polar surface area (TPSA) is 69.8 Å². The summed E-state index contributed by atoms with van der Waals surface area (Å²) >= 11 is 0. The lowest BCUT2D eigenvalue weighted by Crippen LogP contribution is -2.13. The van der Waals surface area contributed by atoms with Crippen molar-refractivity contribution in [1.29, 1.82) is 0 Å². The molecule has 1 aliphatic rings. The number of nitrogens with one attached hydrogen (secondary N) is 3. The van der Waals surface area contributed by atoms with Gasteiger partial charge in [-0.2, -0.15) is 5.10 Å². The second-order valence-electron chi connectivity index (χ2n) is 4.81. The molecule has 0 saturated heterocycles. The molecule has 0 saturated carbocycles. The summed E-state index contributed by atoms with van der Waals surface area (Å²) in [6.07, 6.45) is 0.972. The van der Waals surface area contributed by atoms with Crippen LogP contribution in [0, 0.1) is 13.8 Å². The van der Waals surface area contributed by atoms with E-state index in [2.05, 4.69) is 20.8 Å². The fourth-order valence-electron chi connectivity index (χ4n) is 2.37.